The third kappa shape index (κ3) is 2.61. The Morgan fingerprint density at radius 3 is 2.63 bits per heavy atom. The van der Waals surface area contributed by atoms with Crippen LogP contribution in [0.1, 0.15) is 55.3 Å². The van der Waals surface area contributed by atoms with Crippen LogP contribution in [0, 0.1) is 6.92 Å². The Bertz CT molecular complexity index is 460. The van der Waals surface area contributed by atoms with Crippen LogP contribution in [-0.4, -0.2) is 28.4 Å². The monoisotopic (exact) mass is 278 g/mol. The first-order valence-corrected chi connectivity index (χ1v) is 8.14. The van der Waals surface area contributed by atoms with Crippen LogP contribution >= 0.6 is 11.3 Å². The van der Waals surface area contributed by atoms with E-state index in [9.17, 15) is 0 Å². The smallest absolute Gasteiger partial charge is 0.192 e. The highest BCUT2D eigenvalue weighted by atomic mass is 32.1. The molecule has 1 aromatic rings. The Balaban J connectivity index is 1.81. The lowest BCUT2D eigenvalue weighted by atomic mass is 10.1. The third-order valence-corrected chi connectivity index (χ3v) is 5.23. The van der Waals surface area contributed by atoms with Gasteiger partial charge in [0.2, 0.25) is 0 Å². The molecule has 0 spiro atoms. The van der Waals surface area contributed by atoms with E-state index >= 15 is 0 Å². The molecule has 1 saturated carbocycles. The number of aliphatic imine (C=N–C) groups is 1. The van der Waals surface area contributed by atoms with Crippen LogP contribution in [0.25, 0.3) is 0 Å². The van der Waals surface area contributed by atoms with E-state index in [-0.39, 0.29) is 6.04 Å². The van der Waals surface area contributed by atoms with E-state index in [0.717, 1.165) is 18.2 Å². The average Bonchev–Trinajstić information content (AvgIpc) is 2.87. The third-order valence-electron chi connectivity index (χ3n) is 4.17. The van der Waals surface area contributed by atoms with E-state index in [2.05, 4.69) is 27.2 Å². The maximum absolute atomic E-state index is 6.15. The number of hydrogen-bond acceptors (Lipinski definition) is 5. The SMILES string of the molecule is Cc1csc(C2CN=C(N)N2C2CCCCCC2)n1. The van der Waals surface area contributed by atoms with Gasteiger partial charge in [0, 0.05) is 17.1 Å². The number of thiazole rings is 1. The zero-order chi connectivity index (χ0) is 13.2. The summed E-state index contributed by atoms with van der Waals surface area (Å²) in [6, 6.07) is 0.838. The van der Waals surface area contributed by atoms with E-state index in [1.807, 2.05) is 0 Å². The van der Waals surface area contributed by atoms with Crippen molar-refractivity contribution in [3.63, 3.8) is 0 Å². The number of nitrogens with two attached hydrogens (primary N) is 1. The van der Waals surface area contributed by atoms with Crippen molar-refractivity contribution in [2.24, 2.45) is 10.7 Å². The van der Waals surface area contributed by atoms with Gasteiger partial charge in [-0.25, -0.2) is 4.98 Å². The molecule has 1 aromatic heterocycles. The summed E-state index contributed by atoms with van der Waals surface area (Å²) in [5.41, 5.74) is 7.25. The summed E-state index contributed by atoms with van der Waals surface area (Å²) in [5.74, 6) is 0.727. The second-order valence-corrected chi connectivity index (χ2v) is 6.48. The standard InChI is InChI=1S/C14H22N4S/c1-10-9-19-13(17-10)12-8-16-14(15)18(12)11-6-4-2-3-5-7-11/h9,11-12H,2-8H2,1H3,(H2,15,16). The molecule has 0 aromatic carbocycles. The van der Waals surface area contributed by atoms with Gasteiger partial charge < -0.3 is 10.6 Å². The summed E-state index contributed by atoms with van der Waals surface area (Å²) in [4.78, 5) is 11.5. The van der Waals surface area contributed by atoms with Crippen LogP contribution in [0.3, 0.4) is 0 Å². The molecule has 4 nitrogen and oxygen atoms in total. The van der Waals surface area contributed by atoms with Gasteiger partial charge in [-0.15, -0.1) is 11.3 Å². The Morgan fingerprint density at radius 2 is 2.00 bits per heavy atom. The van der Waals surface area contributed by atoms with E-state index in [4.69, 9.17) is 5.73 Å². The molecule has 2 heterocycles. The van der Waals surface area contributed by atoms with Crippen LogP contribution < -0.4 is 5.73 Å². The predicted molar refractivity (Wildman–Crippen MR) is 79.4 cm³/mol. The molecule has 1 fully saturated rings. The fourth-order valence-electron chi connectivity index (χ4n) is 3.21. The summed E-state index contributed by atoms with van der Waals surface area (Å²) in [6.07, 6.45) is 7.86. The van der Waals surface area contributed by atoms with E-state index in [1.165, 1.54) is 43.5 Å². The maximum Gasteiger partial charge on any atom is 0.192 e. The quantitative estimate of drug-likeness (QED) is 0.846. The lowest BCUT2D eigenvalue weighted by Crippen LogP contribution is -2.43. The minimum atomic E-state index is 0.279. The molecule has 1 unspecified atom stereocenters. The molecule has 2 aliphatic rings. The lowest BCUT2D eigenvalue weighted by Gasteiger charge is -2.33. The van der Waals surface area contributed by atoms with Gasteiger partial charge in [-0.2, -0.15) is 0 Å². The summed E-state index contributed by atoms with van der Waals surface area (Å²) in [7, 11) is 0. The molecular formula is C14H22N4S. The van der Waals surface area contributed by atoms with Gasteiger partial charge in [0.15, 0.2) is 5.96 Å². The average molecular weight is 278 g/mol. The van der Waals surface area contributed by atoms with Gasteiger partial charge >= 0.3 is 0 Å². The number of aromatic nitrogens is 1. The molecule has 19 heavy (non-hydrogen) atoms. The van der Waals surface area contributed by atoms with Crippen LogP contribution in [0.2, 0.25) is 0 Å². The lowest BCUT2D eigenvalue weighted by molar-refractivity contribution is 0.237. The Hall–Kier alpha value is -1.10. The van der Waals surface area contributed by atoms with Crippen molar-refractivity contribution in [2.45, 2.75) is 57.5 Å². The first kappa shape index (κ1) is 12.9. The van der Waals surface area contributed by atoms with Crippen molar-refractivity contribution < 1.29 is 0 Å². The molecule has 1 aliphatic heterocycles. The highest BCUT2D eigenvalue weighted by molar-refractivity contribution is 7.09. The van der Waals surface area contributed by atoms with E-state index < -0.39 is 0 Å². The second-order valence-electron chi connectivity index (χ2n) is 5.59. The molecule has 1 atom stereocenters. The van der Waals surface area contributed by atoms with Crippen LogP contribution in [0.4, 0.5) is 0 Å². The Labute approximate surface area is 118 Å². The fraction of sp³-hybridized carbons (Fsp3) is 0.714. The van der Waals surface area contributed by atoms with Crippen molar-refractivity contribution in [2.75, 3.05) is 6.54 Å². The Morgan fingerprint density at radius 1 is 1.26 bits per heavy atom. The van der Waals surface area contributed by atoms with Crippen LogP contribution in [-0.2, 0) is 0 Å². The van der Waals surface area contributed by atoms with Crippen molar-refractivity contribution in [3.8, 4) is 0 Å². The van der Waals surface area contributed by atoms with Crippen molar-refractivity contribution in [1.82, 2.24) is 9.88 Å². The number of aryl methyl sites for hydroxylation is 1. The summed E-state index contributed by atoms with van der Waals surface area (Å²) >= 11 is 1.74. The molecule has 2 N–H and O–H groups in total. The summed E-state index contributed by atoms with van der Waals surface area (Å²) < 4.78 is 0. The molecule has 5 heteroatoms. The topological polar surface area (TPSA) is 54.5 Å². The molecule has 0 radical (unpaired) electrons. The normalized spacial score (nSPS) is 25.4. The zero-order valence-corrected chi connectivity index (χ0v) is 12.3. The van der Waals surface area contributed by atoms with Gasteiger partial charge in [-0.05, 0) is 19.8 Å². The number of nitrogens with zero attached hydrogens (tertiary/aromatic N) is 3. The number of guanidine groups is 1. The van der Waals surface area contributed by atoms with Gasteiger partial charge in [0.1, 0.15) is 11.0 Å². The van der Waals surface area contributed by atoms with Crippen molar-refractivity contribution in [1.29, 1.82) is 0 Å². The molecule has 104 valence electrons. The van der Waals surface area contributed by atoms with Crippen molar-refractivity contribution >= 4 is 17.3 Å². The number of rotatable bonds is 2. The Kier molecular flexibility index (Phi) is 3.73. The van der Waals surface area contributed by atoms with Crippen LogP contribution in [0.5, 0.6) is 0 Å². The predicted octanol–water partition coefficient (Wildman–Crippen LogP) is 2.85. The largest absolute Gasteiger partial charge is 0.370 e. The molecule has 3 rings (SSSR count). The number of hydrogen-bond donors (Lipinski definition) is 1. The second kappa shape index (κ2) is 5.49. The van der Waals surface area contributed by atoms with Gasteiger partial charge in [0.05, 0.1) is 6.54 Å². The highest BCUT2D eigenvalue weighted by Gasteiger charge is 2.34. The van der Waals surface area contributed by atoms with E-state index in [0.29, 0.717) is 6.04 Å². The minimum Gasteiger partial charge on any atom is -0.370 e. The first-order chi connectivity index (χ1) is 9.25. The molecular weight excluding hydrogens is 256 g/mol. The van der Waals surface area contributed by atoms with Gasteiger partial charge in [-0.3, -0.25) is 4.99 Å². The van der Waals surface area contributed by atoms with E-state index in [1.54, 1.807) is 11.3 Å². The maximum atomic E-state index is 6.15. The first-order valence-electron chi connectivity index (χ1n) is 7.26. The van der Waals surface area contributed by atoms with Crippen LogP contribution in [0.15, 0.2) is 10.4 Å². The molecule has 0 amide bonds. The highest BCUT2D eigenvalue weighted by Crippen LogP contribution is 2.33. The van der Waals surface area contributed by atoms with Gasteiger partial charge in [-0.1, -0.05) is 25.7 Å². The summed E-state index contributed by atoms with van der Waals surface area (Å²) in [5, 5.41) is 3.29. The molecule has 0 bridgehead atoms. The van der Waals surface area contributed by atoms with Gasteiger partial charge in [0.25, 0.3) is 0 Å². The molecule has 0 saturated heterocycles. The fourth-order valence-corrected chi connectivity index (χ4v) is 4.09. The minimum absolute atomic E-state index is 0.279. The summed E-state index contributed by atoms with van der Waals surface area (Å²) in [6.45, 7) is 2.82. The zero-order valence-electron chi connectivity index (χ0n) is 11.5. The van der Waals surface area contributed by atoms with Crippen molar-refractivity contribution in [3.05, 3.63) is 16.1 Å². The molecule has 1 aliphatic carbocycles.